The van der Waals surface area contributed by atoms with Gasteiger partial charge in [0.05, 0.1) is 11.4 Å². The molecular formula is C16H17N3O3. The van der Waals surface area contributed by atoms with E-state index >= 15 is 0 Å². The van der Waals surface area contributed by atoms with Crippen molar-refractivity contribution in [2.45, 2.75) is 13.8 Å². The van der Waals surface area contributed by atoms with Crippen LogP contribution in [0.4, 0.5) is 17.1 Å². The van der Waals surface area contributed by atoms with E-state index in [9.17, 15) is 9.59 Å². The summed E-state index contributed by atoms with van der Waals surface area (Å²) in [6, 6.07) is 12.0. The van der Waals surface area contributed by atoms with Gasteiger partial charge in [0, 0.05) is 25.6 Å². The Bertz CT molecular complexity index is 696. The number of nitrogen functional groups attached to an aromatic ring is 1. The number of anilines is 3. The minimum atomic E-state index is -0.186. The van der Waals surface area contributed by atoms with E-state index < -0.39 is 0 Å². The molecule has 0 saturated heterocycles. The zero-order valence-electron chi connectivity index (χ0n) is 12.3. The summed E-state index contributed by atoms with van der Waals surface area (Å²) in [5, 5.41) is 5.31. The molecule has 0 unspecified atom stereocenters. The average Bonchev–Trinajstić information content (AvgIpc) is 2.43. The number of carbonyl (C=O) groups is 2. The molecule has 2 rings (SSSR count). The Labute approximate surface area is 128 Å². The molecule has 0 radical (unpaired) electrons. The second-order valence-corrected chi connectivity index (χ2v) is 4.74. The maximum absolute atomic E-state index is 11.0. The molecule has 6 heteroatoms. The highest BCUT2D eigenvalue weighted by atomic mass is 16.5. The lowest BCUT2D eigenvalue weighted by molar-refractivity contribution is -0.115. The van der Waals surface area contributed by atoms with Gasteiger partial charge in [-0.25, -0.2) is 0 Å². The molecule has 0 aromatic heterocycles. The number of ether oxygens (including phenoxy) is 1. The Morgan fingerprint density at radius 1 is 0.909 bits per heavy atom. The summed E-state index contributed by atoms with van der Waals surface area (Å²) in [6.45, 7) is 2.87. The second-order valence-electron chi connectivity index (χ2n) is 4.74. The normalized spacial score (nSPS) is 9.91. The molecule has 22 heavy (non-hydrogen) atoms. The summed E-state index contributed by atoms with van der Waals surface area (Å²) in [7, 11) is 0. The zero-order valence-corrected chi connectivity index (χ0v) is 12.3. The van der Waals surface area contributed by atoms with Crippen LogP contribution in [0.25, 0.3) is 0 Å². The molecule has 0 bridgehead atoms. The van der Waals surface area contributed by atoms with Crippen LogP contribution in [0.1, 0.15) is 13.8 Å². The summed E-state index contributed by atoms with van der Waals surface area (Å²) < 4.78 is 5.67. The highest BCUT2D eigenvalue weighted by Gasteiger charge is 2.04. The van der Waals surface area contributed by atoms with Gasteiger partial charge < -0.3 is 21.1 Å². The molecule has 0 aliphatic rings. The molecule has 6 nitrogen and oxygen atoms in total. The number of benzene rings is 2. The second kappa shape index (κ2) is 6.62. The number of hydrogen-bond donors (Lipinski definition) is 3. The fraction of sp³-hybridized carbons (Fsp3) is 0.125. The zero-order chi connectivity index (χ0) is 16.1. The van der Waals surface area contributed by atoms with Crippen molar-refractivity contribution in [2.24, 2.45) is 0 Å². The summed E-state index contributed by atoms with van der Waals surface area (Å²) in [5.41, 5.74) is 7.52. The molecule has 0 spiro atoms. The largest absolute Gasteiger partial charge is 0.457 e. The number of nitrogens with two attached hydrogens (primary N) is 1. The SMILES string of the molecule is CC(=O)Nc1ccc(Oc2ccc(NC(C)=O)c(N)c2)cc1. The lowest BCUT2D eigenvalue weighted by Crippen LogP contribution is -2.07. The highest BCUT2D eigenvalue weighted by Crippen LogP contribution is 2.28. The number of nitrogens with one attached hydrogen (secondary N) is 2. The lowest BCUT2D eigenvalue weighted by atomic mass is 10.2. The van der Waals surface area contributed by atoms with Gasteiger partial charge in [0.2, 0.25) is 11.8 Å². The first-order chi connectivity index (χ1) is 10.4. The fourth-order valence-electron chi connectivity index (χ4n) is 1.85. The third-order valence-electron chi connectivity index (χ3n) is 2.74. The van der Waals surface area contributed by atoms with Crippen molar-refractivity contribution in [1.82, 2.24) is 0 Å². The Balaban J connectivity index is 2.08. The van der Waals surface area contributed by atoms with Crippen molar-refractivity contribution in [3.05, 3.63) is 42.5 Å². The molecule has 114 valence electrons. The first-order valence-corrected chi connectivity index (χ1v) is 6.66. The molecule has 0 heterocycles. The summed E-state index contributed by atoms with van der Waals surface area (Å²) >= 11 is 0. The average molecular weight is 299 g/mol. The lowest BCUT2D eigenvalue weighted by Gasteiger charge is -2.10. The highest BCUT2D eigenvalue weighted by molar-refractivity contribution is 5.92. The monoisotopic (exact) mass is 299 g/mol. The first-order valence-electron chi connectivity index (χ1n) is 6.66. The molecule has 0 aliphatic heterocycles. The molecular weight excluding hydrogens is 282 g/mol. The van der Waals surface area contributed by atoms with Gasteiger partial charge in [-0.2, -0.15) is 0 Å². The summed E-state index contributed by atoms with van der Waals surface area (Å²) in [6.07, 6.45) is 0. The summed E-state index contributed by atoms with van der Waals surface area (Å²) in [5.74, 6) is 0.851. The fourth-order valence-corrected chi connectivity index (χ4v) is 1.85. The van der Waals surface area contributed by atoms with Crippen molar-refractivity contribution in [2.75, 3.05) is 16.4 Å². The van der Waals surface area contributed by atoms with Crippen LogP contribution in [0.15, 0.2) is 42.5 Å². The van der Waals surface area contributed by atoms with Gasteiger partial charge in [0.25, 0.3) is 0 Å². The maximum atomic E-state index is 11.0. The van der Waals surface area contributed by atoms with Gasteiger partial charge in [0.15, 0.2) is 0 Å². The Hall–Kier alpha value is -3.02. The van der Waals surface area contributed by atoms with Crippen LogP contribution >= 0.6 is 0 Å². The molecule has 0 aliphatic carbocycles. The quantitative estimate of drug-likeness (QED) is 0.757. The van der Waals surface area contributed by atoms with Gasteiger partial charge in [-0.3, -0.25) is 9.59 Å². The van der Waals surface area contributed by atoms with E-state index in [1.54, 1.807) is 42.5 Å². The van der Waals surface area contributed by atoms with Gasteiger partial charge in [-0.1, -0.05) is 0 Å². The van der Waals surface area contributed by atoms with Crippen molar-refractivity contribution in [3.63, 3.8) is 0 Å². The van der Waals surface area contributed by atoms with Crippen LogP contribution in [0, 0.1) is 0 Å². The van der Waals surface area contributed by atoms with Crippen molar-refractivity contribution < 1.29 is 14.3 Å². The summed E-state index contributed by atoms with van der Waals surface area (Å²) in [4.78, 5) is 22.0. The van der Waals surface area contributed by atoms with E-state index in [4.69, 9.17) is 10.5 Å². The third kappa shape index (κ3) is 4.24. The van der Waals surface area contributed by atoms with E-state index in [2.05, 4.69) is 10.6 Å². The van der Waals surface area contributed by atoms with E-state index in [-0.39, 0.29) is 11.8 Å². The predicted molar refractivity (Wildman–Crippen MR) is 86.0 cm³/mol. The molecule has 4 N–H and O–H groups in total. The molecule has 2 amide bonds. The minimum Gasteiger partial charge on any atom is -0.457 e. The van der Waals surface area contributed by atoms with Gasteiger partial charge in [-0.15, -0.1) is 0 Å². The Kier molecular flexibility index (Phi) is 4.63. The van der Waals surface area contributed by atoms with Crippen molar-refractivity contribution >= 4 is 28.9 Å². The smallest absolute Gasteiger partial charge is 0.221 e. The van der Waals surface area contributed by atoms with Crippen LogP contribution in [0.2, 0.25) is 0 Å². The first kappa shape index (κ1) is 15.4. The van der Waals surface area contributed by atoms with Crippen molar-refractivity contribution in [3.8, 4) is 11.5 Å². The third-order valence-corrected chi connectivity index (χ3v) is 2.74. The number of carbonyl (C=O) groups excluding carboxylic acids is 2. The Morgan fingerprint density at radius 3 is 2.05 bits per heavy atom. The number of hydrogen-bond acceptors (Lipinski definition) is 4. The molecule has 2 aromatic carbocycles. The maximum Gasteiger partial charge on any atom is 0.221 e. The molecule has 2 aromatic rings. The number of amides is 2. The predicted octanol–water partition coefficient (Wildman–Crippen LogP) is 2.98. The Morgan fingerprint density at radius 2 is 1.50 bits per heavy atom. The molecule has 0 atom stereocenters. The van der Waals surface area contributed by atoms with Crippen LogP contribution in [0.3, 0.4) is 0 Å². The van der Waals surface area contributed by atoms with Gasteiger partial charge in [-0.05, 0) is 36.4 Å². The minimum absolute atomic E-state index is 0.130. The van der Waals surface area contributed by atoms with Crippen molar-refractivity contribution in [1.29, 1.82) is 0 Å². The molecule has 0 saturated carbocycles. The van der Waals surface area contributed by atoms with E-state index in [0.717, 1.165) is 0 Å². The van der Waals surface area contributed by atoms with Crippen LogP contribution < -0.4 is 21.1 Å². The van der Waals surface area contributed by atoms with Crippen LogP contribution in [-0.2, 0) is 9.59 Å². The standard InChI is InChI=1S/C16H17N3O3/c1-10(20)18-12-3-5-13(6-4-12)22-14-7-8-16(15(17)9-14)19-11(2)21/h3-9H,17H2,1-2H3,(H,18,20)(H,19,21). The topological polar surface area (TPSA) is 93.5 Å². The van der Waals surface area contributed by atoms with E-state index in [0.29, 0.717) is 28.6 Å². The van der Waals surface area contributed by atoms with Crippen LogP contribution in [-0.4, -0.2) is 11.8 Å². The van der Waals surface area contributed by atoms with Gasteiger partial charge >= 0.3 is 0 Å². The molecule has 0 fully saturated rings. The van der Waals surface area contributed by atoms with Crippen LogP contribution in [0.5, 0.6) is 11.5 Å². The van der Waals surface area contributed by atoms with Gasteiger partial charge in [0.1, 0.15) is 11.5 Å². The number of rotatable bonds is 4. The van der Waals surface area contributed by atoms with E-state index in [1.807, 2.05) is 0 Å². The van der Waals surface area contributed by atoms with E-state index in [1.165, 1.54) is 13.8 Å².